The van der Waals surface area contributed by atoms with E-state index in [1.165, 1.54) is 0 Å². The topological polar surface area (TPSA) is 25.8 Å². The molecule has 2 nitrogen and oxygen atoms in total. The Kier molecular flexibility index (Phi) is 1.82. The molecular formula is C10H6N2. The summed E-state index contributed by atoms with van der Waals surface area (Å²) < 4.78 is 0. The summed E-state index contributed by atoms with van der Waals surface area (Å²) in [6.45, 7) is 0. The maximum absolute atomic E-state index is 4.12. The first-order valence-electron chi connectivity index (χ1n) is 3.61. The van der Waals surface area contributed by atoms with E-state index >= 15 is 0 Å². The van der Waals surface area contributed by atoms with Crippen LogP contribution < -0.4 is 0 Å². The number of hydrogen-bond acceptors (Lipinski definition) is 2. The van der Waals surface area contributed by atoms with Gasteiger partial charge in [0.1, 0.15) is 6.20 Å². The highest BCUT2D eigenvalue weighted by Crippen LogP contribution is 2.12. The Bertz CT molecular complexity index is 305. The van der Waals surface area contributed by atoms with Gasteiger partial charge in [-0.15, -0.1) is 0 Å². The summed E-state index contributed by atoms with van der Waals surface area (Å²) in [5.41, 5.74) is 1.91. The van der Waals surface area contributed by atoms with Crippen molar-refractivity contribution >= 4 is 0 Å². The minimum Gasteiger partial charge on any atom is -0.252 e. The molecule has 0 aliphatic rings. The van der Waals surface area contributed by atoms with Crippen LogP contribution >= 0.6 is 0 Å². The van der Waals surface area contributed by atoms with Crippen molar-refractivity contribution in [1.82, 2.24) is 9.97 Å². The van der Waals surface area contributed by atoms with Crippen LogP contribution in [0.3, 0.4) is 0 Å². The van der Waals surface area contributed by atoms with Gasteiger partial charge in [-0.3, -0.25) is 9.97 Å². The predicted molar refractivity (Wildman–Crippen MR) is 45.1 cm³/mol. The molecule has 0 aliphatic carbocycles. The molecule has 0 fully saturated rings. The van der Waals surface area contributed by atoms with Crippen LogP contribution in [0.4, 0.5) is 0 Å². The lowest BCUT2D eigenvalue weighted by Crippen LogP contribution is -1.82. The molecule has 0 saturated heterocycles. The van der Waals surface area contributed by atoms with Gasteiger partial charge in [0.05, 0.1) is 18.1 Å². The van der Waals surface area contributed by atoms with Gasteiger partial charge in [-0.2, -0.15) is 0 Å². The van der Waals surface area contributed by atoms with Gasteiger partial charge in [0, 0.05) is 5.56 Å². The fourth-order valence-corrected chi connectivity index (χ4v) is 0.970. The zero-order chi connectivity index (χ0) is 8.23. The van der Waals surface area contributed by atoms with E-state index < -0.39 is 0 Å². The molecule has 1 aromatic carbocycles. The SMILES string of the molecule is [c]1ccc(-c2cn[c]cn2)cc1. The van der Waals surface area contributed by atoms with Crippen LogP contribution in [0, 0.1) is 12.3 Å². The van der Waals surface area contributed by atoms with Gasteiger partial charge >= 0.3 is 0 Å². The standard InChI is InChI=1S/C10H6N2/c1-2-4-9(5-3-1)10-8-11-6-7-12-10/h2-5,7-8H. The van der Waals surface area contributed by atoms with Crippen molar-refractivity contribution in [3.8, 4) is 11.3 Å². The summed E-state index contributed by atoms with van der Waals surface area (Å²) in [6.07, 6.45) is 5.88. The van der Waals surface area contributed by atoms with Gasteiger partial charge in [-0.05, 0) is 6.07 Å². The van der Waals surface area contributed by atoms with Crippen molar-refractivity contribution in [1.29, 1.82) is 0 Å². The fourth-order valence-electron chi connectivity index (χ4n) is 0.970. The molecule has 2 aromatic rings. The van der Waals surface area contributed by atoms with E-state index in [0.29, 0.717) is 0 Å². The summed E-state index contributed by atoms with van der Waals surface area (Å²) in [4.78, 5) is 7.98. The third kappa shape index (κ3) is 1.32. The van der Waals surface area contributed by atoms with Gasteiger partial charge in [-0.25, -0.2) is 0 Å². The van der Waals surface area contributed by atoms with E-state index in [4.69, 9.17) is 0 Å². The van der Waals surface area contributed by atoms with E-state index in [-0.39, 0.29) is 0 Å². The summed E-state index contributed by atoms with van der Waals surface area (Å²) in [7, 11) is 0. The second kappa shape index (κ2) is 3.13. The van der Waals surface area contributed by atoms with E-state index in [1.807, 2.05) is 24.3 Å². The van der Waals surface area contributed by atoms with E-state index in [0.717, 1.165) is 11.3 Å². The third-order valence-electron chi connectivity index (χ3n) is 1.54. The van der Waals surface area contributed by atoms with Crippen LogP contribution in [-0.4, -0.2) is 9.97 Å². The van der Waals surface area contributed by atoms with Gasteiger partial charge in [0.2, 0.25) is 0 Å². The molecule has 2 radical (unpaired) electrons. The Hall–Kier alpha value is -1.70. The Labute approximate surface area is 70.9 Å². The number of benzene rings is 1. The molecule has 1 aromatic heterocycles. The molecule has 12 heavy (non-hydrogen) atoms. The summed E-state index contributed by atoms with van der Waals surface area (Å²) in [5.74, 6) is 0. The van der Waals surface area contributed by atoms with E-state index in [2.05, 4.69) is 22.2 Å². The largest absolute Gasteiger partial charge is 0.252 e. The van der Waals surface area contributed by atoms with Crippen molar-refractivity contribution in [2.24, 2.45) is 0 Å². The Morgan fingerprint density at radius 3 is 2.67 bits per heavy atom. The molecule has 2 rings (SSSR count). The molecule has 0 atom stereocenters. The van der Waals surface area contributed by atoms with Gasteiger partial charge < -0.3 is 0 Å². The molecule has 0 unspecified atom stereocenters. The summed E-state index contributed by atoms with van der Waals surface area (Å²) in [6, 6.07) is 10.6. The molecule has 0 aliphatic heterocycles. The van der Waals surface area contributed by atoms with Crippen molar-refractivity contribution in [3.63, 3.8) is 0 Å². The lowest BCUT2D eigenvalue weighted by molar-refractivity contribution is 1.19. The average molecular weight is 154 g/mol. The fraction of sp³-hybridized carbons (Fsp3) is 0. The van der Waals surface area contributed by atoms with Gasteiger partial charge in [-0.1, -0.05) is 24.3 Å². The first-order valence-corrected chi connectivity index (χ1v) is 3.61. The molecule has 0 bridgehead atoms. The third-order valence-corrected chi connectivity index (χ3v) is 1.54. The van der Waals surface area contributed by atoms with Crippen molar-refractivity contribution in [3.05, 3.63) is 48.9 Å². The molecule has 0 N–H and O–H groups in total. The zero-order valence-corrected chi connectivity index (χ0v) is 6.36. The van der Waals surface area contributed by atoms with Crippen molar-refractivity contribution < 1.29 is 0 Å². The molecule has 0 amide bonds. The zero-order valence-electron chi connectivity index (χ0n) is 6.36. The first kappa shape index (κ1) is 6.98. The van der Waals surface area contributed by atoms with Crippen LogP contribution in [0.2, 0.25) is 0 Å². The summed E-state index contributed by atoms with van der Waals surface area (Å²) >= 11 is 0. The maximum atomic E-state index is 4.12. The van der Waals surface area contributed by atoms with Crippen molar-refractivity contribution in [2.45, 2.75) is 0 Å². The van der Waals surface area contributed by atoms with E-state index in [1.54, 1.807) is 12.4 Å². The molecule has 1 heterocycles. The van der Waals surface area contributed by atoms with Crippen LogP contribution in [0.15, 0.2) is 36.7 Å². The van der Waals surface area contributed by atoms with Gasteiger partial charge in [0.25, 0.3) is 0 Å². The van der Waals surface area contributed by atoms with Gasteiger partial charge in [0.15, 0.2) is 0 Å². The summed E-state index contributed by atoms with van der Waals surface area (Å²) in [5, 5.41) is 0. The molecule has 0 saturated carbocycles. The average Bonchev–Trinajstić information content (AvgIpc) is 2.21. The Morgan fingerprint density at radius 2 is 2.00 bits per heavy atom. The van der Waals surface area contributed by atoms with Crippen LogP contribution in [0.1, 0.15) is 0 Å². The van der Waals surface area contributed by atoms with Crippen molar-refractivity contribution in [2.75, 3.05) is 0 Å². The Balaban J connectivity index is 2.46. The minimum atomic E-state index is 0.864. The lowest BCUT2D eigenvalue weighted by Gasteiger charge is -1.96. The highest BCUT2D eigenvalue weighted by atomic mass is 14.8. The van der Waals surface area contributed by atoms with Crippen LogP contribution in [-0.2, 0) is 0 Å². The molecule has 56 valence electrons. The van der Waals surface area contributed by atoms with Crippen LogP contribution in [0.5, 0.6) is 0 Å². The molecule has 0 spiro atoms. The number of hydrogen-bond donors (Lipinski definition) is 0. The predicted octanol–water partition coefficient (Wildman–Crippen LogP) is 1.74. The number of aromatic nitrogens is 2. The quantitative estimate of drug-likeness (QED) is 0.625. The second-order valence-corrected chi connectivity index (χ2v) is 2.32. The first-order chi connectivity index (χ1) is 5.97. The maximum Gasteiger partial charge on any atom is 0.109 e. The monoisotopic (exact) mass is 154 g/mol. The highest BCUT2D eigenvalue weighted by molar-refractivity contribution is 5.56. The van der Waals surface area contributed by atoms with Crippen LogP contribution in [0.25, 0.3) is 11.3 Å². The minimum absolute atomic E-state index is 0.864. The van der Waals surface area contributed by atoms with E-state index in [9.17, 15) is 0 Å². The smallest absolute Gasteiger partial charge is 0.109 e. The highest BCUT2D eigenvalue weighted by Gasteiger charge is 1.94. The second-order valence-electron chi connectivity index (χ2n) is 2.32. The lowest BCUT2D eigenvalue weighted by atomic mass is 10.2. The number of rotatable bonds is 1. The molecule has 2 heteroatoms. The normalized spacial score (nSPS) is 9.67. The Morgan fingerprint density at radius 1 is 1.17 bits per heavy atom. The molecular weight excluding hydrogens is 148 g/mol. The number of nitrogens with zero attached hydrogens (tertiary/aromatic N) is 2.